The molecule has 13 heavy (non-hydrogen) atoms. The number of thiophene rings is 1. The van der Waals surface area contributed by atoms with Crippen LogP contribution in [-0.2, 0) is 5.33 Å². The average Bonchev–Trinajstić information content (AvgIpc) is 2.49. The van der Waals surface area contributed by atoms with E-state index in [1.54, 1.807) is 11.3 Å². The minimum absolute atomic E-state index is 0.790. The van der Waals surface area contributed by atoms with Gasteiger partial charge in [0.1, 0.15) is 0 Å². The van der Waals surface area contributed by atoms with Gasteiger partial charge in [-0.25, -0.2) is 0 Å². The second-order valence-electron chi connectivity index (χ2n) is 2.77. The fourth-order valence-corrected chi connectivity index (χ4v) is 3.10. The number of rotatable bonds is 1. The van der Waals surface area contributed by atoms with Gasteiger partial charge in [0.2, 0.25) is 0 Å². The summed E-state index contributed by atoms with van der Waals surface area (Å²) in [6.07, 6.45) is 0. The molecule has 0 bridgehead atoms. The number of hydrogen-bond donors (Lipinski definition) is 2. The lowest BCUT2D eigenvalue weighted by molar-refractivity contribution is 1.46. The number of fused-ring (bicyclic) bond motifs is 1. The van der Waals surface area contributed by atoms with E-state index in [4.69, 9.17) is 5.73 Å². The third-order valence-electron chi connectivity index (χ3n) is 2.00. The van der Waals surface area contributed by atoms with Crippen molar-refractivity contribution in [2.75, 3.05) is 5.73 Å². The Balaban J connectivity index is 2.83. The fraction of sp³-hybridized carbons (Fsp3) is 0.111. The summed E-state index contributed by atoms with van der Waals surface area (Å²) in [5, 5.41) is 3.89. The smallest absolute Gasteiger partial charge is 0.0454 e. The van der Waals surface area contributed by atoms with Crippen molar-refractivity contribution in [1.82, 2.24) is 0 Å². The van der Waals surface area contributed by atoms with Gasteiger partial charge in [0, 0.05) is 31.4 Å². The highest BCUT2D eigenvalue weighted by Crippen LogP contribution is 2.35. The predicted molar refractivity (Wildman–Crippen MR) is 66.1 cm³/mol. The molecule has 0 saturated heterocycles. The molecule has 0 aliphatic carbocycles. The molecular weight excluding hydrogens is 266 g/mol. The van der Waals surface area contributed by atoms with Crippen LogP contribution < -0.4 is 5.73 Å². The zero-order valence-corrected chi connectivity index (χ0v) is 10.0. The Kier molecular flexibility index (Phi) is 2.53. The standard InChI is InChI=1S/C9H8BrNS2/c10-3-5-1-2-7-8(9(5)11)6(12)4-13-7/h1-2,4,12H,3,11H2. The van der Waals surface area contributed by atoms with Crippen LogP contribution in [0.2, 0.25) is 0 Å². The summed E-state index contributed by atoms with van der Waals surface area (Å²) in [5.41, 5.74) is 7.98. The number of benzene rings is 1. The molecular formula is C9H8BrNS2. The van der Waals surface area contributed by atoms with Gasteiger partial charge >= 0.3 is 0 Å². The highest BCUT2D eigenvalue weighted by atomic mass is 79.9. The molecule has 1 nitrogen and oxygen atoms in total. The quantitative estimate of drug-likeness (QED) is 0.463. The van der Waals surface area contributed by atoms with E-state index in [1.165, 1.54) is 4.70 Å². The fourth-order valence-electron chi connectivity index (χ4n) is 1.30. The maximum absolute atomic E-state index is 6.00. The van der Waals surface area contributed by atoms with Crippen LogP contribution in [0.1, 0.15) is 5.56 Å². The molecule has 1 aromatic heterocycles. The van der Waals surface area contributed by atoms with Crippen LogP contribution in [0.25, 0.3) is 10.1 Å². The average molecular weight is 274 g/mol. The van der Waals surface area contributed by atoms with Crippen molar-refractivity contribution in [3.63, 3.8) is 0 Å². The molecule has 0 unspecified atom stereocenters. The van der Waals surface area contributed by atoms with Crippen LogP contribution in [0.5, 0.6) is 0 Å². The van der Waals surface area contributed by atoms with Gasteiger partial charge in [-0.2, -0.15) is 0 Å². The first-order valence-electron chi connectivity index (χ1n) is 3.77. The third-order valence-corrected chi connectivity index (χ3v) is 4.07. The van der Waals surface area contributed by atoms with E-state index in [0.717, 1.165) is 26.9 Å². The Bertz CT molecular complexity index is 450. The van der Waals surface area contributed by atoms with Gasteiger partial charge < -0.3 is 5.73 Å². The summed E-state index contributed by atoms with van der Waals surface area (Å²) < 4.78 is 1.20. The Morgan fingerprint density at radius 3 is 2.92 bits per heavy atom. The number of alkyl halides is 1. The highest BCUT2D eigenvalue weighted by molar-refractivity contribution is 9.08. The Morgan fingerprint density at radius 1 is 1.46 bits per heavy atom. The Labute approximate surface area is 94.5 Å². The van der Waals surface area contributed by atoms with Crippen molar-refractivity contribution in [3.05, 3.63) is 23.1 Å². The summed E-state index contributed by atoms with van der Waals surface area (Å²) in [7, 11) is 0. The Hall–Kier alpha value is -0.190. The van der Waals surface area contributed by atoms with Crippen LogP contribution >= 0.6 is 39.9 Å². The van der Waals surface area contributed by atoms with E-state index in [0.29, 0.717) is 0 Å². The van der Waals surface area contributed by atoms with Crippen molar-refractivity contribution >= 4 is 55.7 Å². The summed E-state index contributed by atoms with van der Waals surface area (Å²) in [4.78, 5) is 0.973. The molecule has 0 aliphatic rings. The number of hydrogen-bond acceptors (Lipinski definition) is 3. The van der Waals surface area contributed by atoms with Gasteiger partial charge in [0.05, 0.1) is 0 Å². The summed E-state index contributed by atoms with van der Waals surface area (Å²) in [6, 6.07) is 4.14. The van der Waals surface area contributed by atoms with E-state index in [9.17, 15) is 0 Å². The molecule has 0 amide bonds. The highest BCUT2D eigenvalue weighted by Gasteiger charge is 2.07. The molecule has 0 spiro atoms. The van der Waals surface area contributed by atoms with E-state index in [2.05, 4.69) is 40.7 Å². The molecule has 0 radical (unpaired) electrons. The monoisotopic (exact) mass is 273 g/mol. The lowest BCUT2D eigenvalue weighted by Crippen LogP contribution is -1.91. The van der Waals surface area contributed by atoms with Crippen molar-refractivity contribution < 1.29 is 0 Å². The van der Waals surface area contributed by atoms with Gasteiger partial charge in [-0.3, -0.25) is 0 Å². The van der Waals surface area contributed by atoms with Crippen molar-refractivity contribution in [1.29, 1.82) is 0 Å². The minimum atomic E-state index is 0.790. The predicted octanol–water partition coefficient (Wildman–Crippen LogP) is 3.67. The molecule has 1 heterocycles. The molecule has 0 aliphatic heterocycles. The minimum Gasteiger partial charge on any atom is -0.398 e. The van der Waals surface area contributed by atoms with Gasteiger partial charge in [-0.1, -0.05) is 22.0 Å². The van der Waals surface area contributed by atoms with Gasteiger partial charge in [-0.15, -0.1) is 24.0 Å². The molecule has 0 saturated carbocycles. The van der Waals surface area contributed by atoms with Crippen LogP contribution in [-0.4, -0.2) is 0 Å². The lowest BCUT2D eigenvalue weighted by Gasteiger charge is -2.03. The first kappa shape index (κ1) is 9.37. The number of halogens is 1. The number of thiol groups is 1. The third kappa shape index (κ3) is 1.47. The number of nitrogens with two attached hydrogens (primary N) is 1. The van der Waals surface area contributed by atoms with E-state index >= 15 is 0 Å². The maximum Gasteiger partial charge on any atom is 0.0454 e. The Morgan fingerprint density at radius 2 is 2.23 bits per heavy atom. The second-order valence-corrected chi connectivity index (χ2v) is 4.72. The second kappa shape index (κ2) is 3.52. The maximum atomic E-state index is 6.00. The molecule has 2 rings (SSSR count). The normalized spacial score (nSPS) is 10.9. The van der Waals surface area contributed by atoms with Crippen LogP contribution in [0, 0.1) is 0 Å². The largest absolute Gasteiger partial charge is 0.398 e. The molecule has 68 valence electrons. The summed E-state index contributed by atoms with van der Waals surface area (Å²) in [5.74, 6) is 0. The van der Waals surface area contributed by atoms with Crippen LogP contribution in [0.3, 0.4) is 0 Å². The zero-order chi connectivity index (χ0) is 9.42. The molecule has 1 aromatic carbocycles. The molecule has 2 N–H and O–H groups in total. The van der Waals surface area contributed by atoms with Gasteiger partial charge in [0.25, 0.3) is 0 Å². The van der Waals surface area contributed by atoms with Crippen molar-refractivity contribution in [2.24, 2.45) is 0 Å². The molecule has 2 aromatic rings. The zero-order valence-electron chi connectivity index (χ0n) is 6.75. The SMILES string of the molecule is Nc1c(CBr)ccc2scc(S)c12. The molecule has 0 fully saturated rings. The first-order valence-corrected chi connectivity index (χ1v) is 6.22. The van der Waals surface area contributed by atoms with E-state index < -0.39 is 0 Å². The van der Waals surface area contributed by atoms with Crippen molar-refractivity contribution in [3.8, 4) is 0 Å². The first-order chi connectivity index (χ1) is 6.24. The van der Waals surface area contributed by atoms with Gasteiger partial charge in [-0.05, 0) is 11.6 Å². The van der Waals surface area contributed by atoms with Crippen molar-refractivity contribution in [2.45, 2.75) is 10.2 Å². The summed E-state index contributed by atoms with van der Waals surface area (Å²) >= 11 is 9.45. The topological polar surface area (TPSA) is 26.0 Å². The van der Waals surface area contributed by atoms with E-state index in [1.807, 2.05) is 5.38 Å². The number of nitrogen functional groups attached to an aromatic ring is 1. The van der Waals surface area contributed by atoms with Gasteiger partial charge in [0.15, 0.2) is 0 Å². The van der Waals surface area contributed by atoms with Crippen LogP contribution in [0.15, 0.2) is 22.4 Å². The number of anilines is 1. The van der Waals surface area contributed by atoms with E-state index in [-0.39, 0.29) is 0 Å². The summed E-state index contributed by atoms with van der Waals surface area (Å²) in [6.45, 7) is 0. The van der Waals surface area contributed by atoms with Crippen LogP contribution in [0.4, 0.5) is 5.69 Å². The molecule has 4 heteroatoms. The molecule has 0 atom stereocenters. The lowest BCUT2D eigenvalue weighted by atomic mass is 10.1.